The van der Waals surface area contributed by atoms with Crippen molar-refractivity contribution in [2.75, 3.05) is 5.43 Å². The van der Waals surface area contributed by atoms with Crippen LogP contribution in [0.4, 0.5) is 11.4 Å². The van der Waals surface area contributed by atoms with Crippen LogP contribution in [0.5, 0.6) is 0 Å². The number of nitro benzene ring substituents is 1. The van der Waals surface area contributed by atoms with E-state index in [4.69, 9.17) is 11.6 Å². The van der Waals surface area contributed by atoms with Crippen LogP contribution in [-0.4, -0.2) is 10.8 Å². The molecule has 1 amide bonds. The first kappa shape index (κ1) is 13.8. The highest BCUT2D eigenvalue weighted by atomic mass is 35.5. The van der Waals surface area contributed by atoms with Crippen molar-refractivity contribution in [2.24, 2.45) is 0 Å². The van der Waals surface area contributed by atoms with E-state index in [9.17, 15) is 14.9 Å². The van der Waals surface area contributed by atoms with Crippen molar-refractivity contribution in [2.45, 2.75) is 0 Å². The molecule has 2 aromatic rings. The van der Waals surface area contributed by atoms with Gasteiger partial charge in [0.15, 0.2) is 0 Å². The number of hydrazine groups is 1. The van der Waals surface area contributed by atoms with Gasteiger partial charge in [-0.1, -0.05) is 29.8 Å². The van der Waals surface area contributed by atoms with Crippen molar-refractivity contribution < 1.29 is 9.72 Å². The second kappa shape index (κ2) is 6.03. The van der Waals surface area contributed by atoms with Gasteiger partial charge in [-0.3, -0.25) is 25.8 Å². The SMILES string of the molecule is O=C(NNc1ccccc1)c1ccc(Cl)c([N+](=O)[O-])c1. The van der Waals surface area contributed by atoms with E-state index < -0.39 is 10.8 Å². The van der Waals surface area contributed by atoms with Gasteiger partial charge in [0.2, 0.25) is 0 Å². The van der Waals surface area contributed by atoms with Crippen molar-refractivity contribution in [3.8, 4) is 0 Å². The number of rotatable bonds is 4. The number of carbonyl (C=O) groups is 1. The molecule has 7 heteroatoms. The summed E-state index contributed by atoms with van der Waals surface area (Å²) in [6.45, 7) is 0. The van der Waals surface area contributed by atoms with Gasteiger partial charge in [-0.2, -0.15) is 0 Å². The fourth-order valence-corrected chi connectivity index (χ4v) is 1.70. The maximum absolute atomic E-state index is 11.9. The molecule has 0 aliphatic rings. The number of nitrogens with one attached hydrogen (secondary N) is 2. The first-order valence-electron chi connectivity index (χ1n) is 5.63. The Hall–Kier alpha value is -2.60. The zero-order chi connectivity index (χ0) is 14.5. The smallest absolute Gasteiger partial charge is 0.288 e. The molecule has 0 aliphatic heterocycles. The fraction of sp³-hybridized carbons (Fsp3) is 0. The Balaban J connectivity index is 2.10. The first-order valence-corrected chi connectivity index (χ1v) is 6.01. The monoisotopic (exact) mass is 291 g/mol. The lowest BCUT2D eigenvalue weighted by Crippen LogP contribution is -2.29. The molecule has 0 atom stereocenters. The van der Waals surface area contributed by atoms with Crippen LogP contribution in [0.3, 0.4) is 0 Å². The highest BCUT2D eigenvalue weighted by Crippen LogP contribution is 2.24. The highest BCUT2D eigenvalue weighted by Gasteiger charge is 2.16. The van der Waals surface area contributed by atoms with Crippen molar-refractivity contribution in [3.63, 3.8) is 0 Å². The van der Waals surface area contributed by atoms with Crippen LogP contribution >= 0.6 is 11.6 Å². The summed E-state index contributed by atoms with van der Waals surface area (Å²) < 4.78 is 0. The summed E-state index contributed by atoms with van der Waals surface area (Å²) in [7, 11) is 0. The zero-order valence-corrected chi connectivity index (χ0v) is 10.9. The maximum atomic E-state index is 11.9. The van der Waals surface area contributed by atoms with Gasteiger partial charge in [-0.05, 0) is 24.3 Å². The number of anilines is 1. The molecule has 0 fully saturated rings. The number of halogens is 1. The summed E-state index contributed by atoms with van der Waals surface area (Å²) in [5.41, 5.74) is 5.69. The van der Waals surface area contributed by atoms with E-state index in [1.54, 1.807) is 12.1 Å². The average molecular weight is 292 g/mol. The summed E-state index contributed by atoms with van der Waals surface area (Å²) in [5, 5.41) is 10.7. The van der Waals surface area contributed by atoms with E-state index >= 15 is 0 Å². The molecule has 0 heterocycles. The number of nitrogens with zero attached hydrogens (tertiary/aromatic N) is 1. The molecule has 0 spiro atoms. The molecule has 0 aromatic heterocycles. The first-order chi connectivity index (χ1) is 9.58. The largest absolute Gasteiger partial charge is 0.298 e. The Bertz CT molecular complexity index is 647. The molecule has 0 saturated heterocycles. The predicted octanol–water partition coefficient (Wildman–Crippen LogP) is 3.01. The Kier molecular flexibility index (Phi) is 4.17. The van der Waals surface area contributed by atoms with Crippen LogP contribution in [-0.2, 0) is 0 Å². The van der Waals surface area contributed by atoms with E-state index in [2.05, 4.69) is 10.9 Å². The van der Waals surface area contributed by atoms with E-state index in [-0.39, 0.29) is 16.3 Å². The molecule has 2 aromatic carbocycles. The molecule has 0 saturated carbocycles. The Labute approximate surface area is 119 Å². The predicted molar refractivity (Wildman–Crippen MR) is 75.6 cm³/mol. The second-order valence-corrected chi connectivity index (χ2v) is 4.28. The molecule has 102 valence electrons. The minimum Gasteiger partial charge on any atom is -0.298 e. The van der Waals surface area contributed by atoms with E-state index in [1.165, 1.54) is 12.1 Å². The van der Waals surface area contributed by atoms with Crippen LogP contribution in [0.2, 0.25) is 5.02 Å². The number of nitro groups is 1. The van der Waals surface area contributed by atoms with Gasteiger partial charge in [0, 0.05) is 11.6 Å². The van der Waals surface area contributed by atoms with Gasteiger partial charge < -0.3 is 0 Å². The standard InChI is InChI=1S/C13H10ClN3O3/c14-11-7-6-9(8-12(11)17(19)20)13(18)16-15-10-4-2-1-3-5-10/h1-8,15H,(H,16,18). The Morgan fingerprint density at radius 2 is 1.85 bits per heavy atom. The molecule has 6 nitrogen and oxygen atoms in total. The molecule has 0 unspecified atom stereocenters. The van der Waals surface area contributed by atoms with Crippen LogP contribution in [0, 0.1) is 10.1 Å². The van der Waals surface area contributed by atoms with Crippen LogP contribution in [0.1, 0.15) is 10.4 Å². The highest BCUT2D eigenvalue weighted by molar-refractivity contribution is 6.32. The van der Waals surface area contributed by atoms with E-state index in [1.807, 2.05) is 18.2 Å². The minimum absolute atomic E-state index is 0.0115. The van der Waals surface area contributed by atoms with Crippen LogP contribution < -0.4 is 10.9 Å². The molecule has 2 N–H and O–H groups in total. The number of hydrogen-bond donors (Lipinski definition) is 2. The third kappa shape index (κ3) is 3.24. The maximum Gasteiger partial charge on any atom is 0.288 e. The minimum atomic E-state index is -0.635. The molecule has 0 aliphatic carbocycles. The number of para-hydroxylation sites is 1. The number of amides is 1. The Morgan fingerprint density at radius 1 is 1.15 bits per heavy atom. The summed E-state index contributed by atoms with van der Waals surface area (Å²) >= 11 is 5.68. The average Bonchev–Trinajstić information content (AvgIpc) is 2.46. The van der Waals surface area contributed by atoms with Gasteiger partial charge >= 0.3 is 0 Å². The second-order valence-electron chi connectivity index (χ2n) is 3.87. The van der Waals surface area contributed by atoms with Crippen molar-refractivity contribution in [3.05, 3.63) is 69.2 Å². The van der Waals surface area contributed by atoms with Crippen molar-refractivity contribution in [1.82, 2.24) is 5.43 Å². The lowest BCUT2D eigenvalue weighted by Gasteiger charge is -2.08. The third-order valence-electron chi connectivity index (χ3n) is 2.50. The van der Waals surface area contributed by atoms with Crippen molar-refractivity contribution >= 4 is 28.9 Å². The van der Waals surface area contributed by atoms with Gasteiger partial charge in [-0.15, -0.1) is 0 Å². The summed E-state index contributed by atoms with van der Waals surface area (Å²) in [4.78, 5) is 22.0. The van der Waals surface area contributed by atoms with Crippen LogP contribution in [0.25, 0.3) is 0 Å². The fourth-order valence-electron chi connectivity index (χ4n) is 1.52. The zero-order valence-electron chi connectivity index (χ0n) is 10.2. The third-order valence-corrected chi connectivity index (χ3v) is 2.82. The van der Waals surface area contributed by atoms with Gasteiger partial charge in [0.25, 0.3) is 11.6 Å². The van der Waals surface area contributed by atoms with Gasteiger partial charge in [-0.25, -0.2) is 0 Å². The number of hydrogen-bond acceptors (Lipinski definition) is 4. The normalized spacial score (nSPS) is 9.85. The molecular weight excluding hydrogens is 282 g/mol. The molecule has 20 heavy (non-hydrogen) atoms. The van der Waals surface area contributed by atoms with E-state index in [0.29, 0.717) is 5.69 Å². The molecular formula is C13H10ClN3O3. The van der Waals surface area contributed by atoms with Crippen LogP contribution in [0.15, 0.2) is 48.5 Å². The summed E-state index contributed by atoms with van der Waals surface area (Å²) in [6.07, 6.45) is 0. The van der Waals surface area contributed by atoms with Crippen molar-refractivity contribution in [1.29, 1.82) is 0 Å². The Morgan fingerprint density at radius 3 is 2.50 bits per heavy atom. The summed E-state index contributed by atoms with van der Waals surface area (Å²) in [6, 6.07) is 12.9. The summed E-state index contributed by atoms with van der Waals surface area (Å²) in [5.74, 6) is -0.492. The lowest BCUT2D eigenvalue weighted by atomic mass is 10.2. The number of benzene rings is 2. The lowest BCUT2D eigenvalue weighted by molar-refractivity contribution is -0.384. The quantitative estimate of drug-likeness (QED) is 0.670. The molecule has 0 radical (unpaired) electrons. The molecule has 2 rings (SSSR count). The number of carbonyl (C=O) groups excluding carboxylic acids is 1. The van der Waals surface area contributed by atoms with E-state index in [0.717, 1.165) is 6.07 Å². The topological polar surface area (TPSA) is 84.3 Å². The molecule has 0 bridgehead atoms. The van der Waals surface area contributed by atoms with Gasteiger partial charge in [0.05, 0.1) is 10.6 Å². The van der Waals surface area contributed by atoms with Gasteiger partial charge in [0.1, 0.15) is 5.02 Å².